The summed E-state index contributed by atoms with van der Waals surface area (Å²) >= 11 is 8.53. The first kappa shape index (κ1) is 9.75. The van der Waals surface area contributed by atoms with Crippen LogP contribution in [0.5, 0.6) is 0 Å². The number of allylic oxidation sites excluding steroid dienone is 1. The van der Waals surface area contributed by atoms with Crippen molar-refractivity contribution in [3.63, 3.8) is 0 Å². The SMILES string of the molecule is C=C(CC)c1cc(S)cc(S)c1. The van der Waals surface area contributed by atoms with Gasteiger partial charge in [0.25, 0.3) is 0 Å². The molecule has 0 nitrogen and oxygen atoms in total. The Morgan fingerprint density at radius 2 is 1.75 bits per heavy atom. The molecule has 12 heavy (non-hydrogen) atoms. The summed E-state index contributed by atoms with van der Waals surface area (Å²) in [5.74, 6) is 0. The average molecular weight is 196 g/mol. The van der Waals surface area contributed by atoms with E-state index in [0.29, 0.717) is 0 Å². The number of benzene rings is 1. The van der Waals surface area contributed by atoms with E-state index in [2.05, 4.69) is 38.8 Å². The predicted octanol–water partition coefficient (Wildman–Crippen LogP) is 3.69. The van der Waals surface area contributed by atoms with Crippen molar-refractivity contribution >= 4 is 30.8 Å². The molecule has 0 N–H and O–H groups in total. The second-order valence-electron chi connectivity index (χ2n) is 2.70. The van der Waals surface area contributed by atoms with Crippen LogP contribution in [-0.2, 0) is 0 Å². The first-order chi connectivity index (χ1) is 5.63. The van der Waals surface area contributed by atoms with Crippen molar-refractivity contribution in [2.45, 2.75) is 23.1 Å². The van der Waals surface area contributed by atoms with Crippen LogP contribution in [0.2, 0.25) is 0 Å². The summed E-state index contributed by atoms with van der Waals surface area (Å²) in [6.45, 7) is 6.05. The highest BCUT2D eigenvalue weighted by atomic mass is 32.1. The Bertz CT molecular complexity index is 282. The van der Waals surface area contributed by atoms with Gasteiger partial charge in [0.2, 0.25) is 0 Å². The van der Waals surface area contributed by atoms with E-state index in [1.807, 2.05) is 18.2 Å². The Morgan fingerprint density at radius 1 is 1.25 bits per heavy atom. The molecule has 0 bridgehead atoms. The molecule has 0 fully saturated rings. The molecule has 0 saturated heterocycles. The summed E-state index contributed by atoms with van der Waals surface area (Å²) in [4.78, 5) is 1.87. The van der Waals surface area contributed by atoms with Crippen molar-refractivity contribution in [2.75, 3.05) is 0 Å². The van der Waals surface area contributed by atoms with Crippen LogP contribution in [-0.4, -0.2) is 0 Å². The lowest BCUT2D eigenvalue weighted by Gasteiger charge is -2.04. The quantitative estimate of drug-likeness (QED) is 0.662. The van der Waals surface area contributed by atoms with E-state index in [-0.39, 0.29) is 0 Å². The molecule has 0 aromatic heterocycles. The molecular formula is C10H12S2. The molecule has 1 aromatic carbocycles. The van der Waals surface area contributed by atoms with Crippen LogP contribution in [0.4, 0.5) is 0 Å². The van der Waals surface area contributed by atoms with Gasteiger partial charge >= 0.3 is 0 Å². The zero-order valence-electron chi connectivity index (χ0n) is 7.04. The van der Waals surface area contributed by atoms with Crippen LogP contribution < -0.4 is 0 Å². The van der Waals surface area contributed by atoms with Crippen molar-refractivity contribution in [1.29, 1.82) is 0 Å². The smallest absolute Gasteiger partial charge is 0.00570 e. The van der Waals surface area contributed by atoms with Crippen LogP contribution in [0.15, 0.2) is 34.6 Å². The van der Waals surface area contributed by atoms with E-state index in [1.54, 1.807) is 0 Å². The maximum absolute atomic E-state index is 4.27. The molecule has 0 aliphatic heterocycles. The number of hydrogen-bond acceptors (Lipinski definition) is 2. The third-order valence-corrected chi connectivity index (χ3v) is 2.25. The molecule has 0 aliphatic rings. The average Bonchev–Trinajstić information content (AvgIpc) is 2.01. The highest BCUT2D eigenvalue weighted by Crippen LogP contribution is 2.22. The van der Waals surface area contributed by atoms with Gasteiger partial charge in [-0.25, -0.2) is 0 Å². The minimum absolute atomic E-state index is 0.937. The maximum Gasteiger partial charge on any atom is 0.00570 e. The number of rotatable bonds is 2. The van der Waals surface area contributed by atoms with Crippen molar-refractivity contribution in [2.24, 2.45) is 0 Å². The Morgan fingerprint density at radius 3 is 2.17 bits per heavy atom. The molecule has 1 rings (SSSR count). The van der Waals surface area contributed by atoms with Gasteiger partial charge in [-0.15, -0.1) is 25.3 Å². The maximum atomic E-state index is 4.27. The molecule has 0 radical (unpaired) electrons. The van der Waals surface area contributed by atoms with Gasteiger partial charge in [-0.1, -0.05) is 13.5 Å². The van der Waals surface area contributed by atoms with Crippen LogP contribution >= 0.6 is 25.3 Å². The van der Waals surface area contributed by atoms with E-state index in [1.165, 1.54) is 0 Å². The fourth-order valence-electron chi connectivity index (χ4n) is 1.00. The van der Waals surface area contributed by atoms with Gasteiger partial charge in [0.05, 0.1) is 0 Å². The molecule has 0 saturated carbocycles. The fourth-order valence-corrected chi connectivity index (χ4v) is 1.66. The Labute approximate surface area is 84.5 Å². The Hall–Kier alpha value is -0.340. The van der Waals surface area contributed by atoms with Gasteiger partial charge in [0, 0.05) is 9.79 Å². The van der Waals surface area contributed by atoms with Crippen molar-refractivity contribution in [3.8, 4) is 0 Å². The standard InChI is InChI=1S/C10H12S2/c1-3-7(2)8-4-9(11)6-10(12)5-8/h4-6,11-12H,2-3H2,1H3. The Kier molecular flexibility index (Phi) is 3.29. The van der Waals surface area contributed by atoms with E-state index in [9.17, 15) is 0 Å². The zero-order chi connectivity index (χ0) is 9.14. The number of hydrogen-bond donors (Lipinski definition) is 2. The molecule has 0 amide bonds. The monoisotopic (exact) mass is 196 g/mol. The Balaban J connectivity index is 3.08. The van der Waals surface area contributed by atoms with E-state index in [4.69, 9.17) is 0 Å². The molecule has 2 heteroatoms. The van der Waals surface area contributed by atoms with Gasteiger partial charge in [-0.05, 0) is 35.8 Å². The van der Waals surface area contributed by atoms with Crippen molar-refractivity contribution in [1.82, 2.24) is 0 Å². The second kappa shape index (κ2) is 4.06. The third kappa shape index (κ3) is 2.32. The summed E-state index contributed by atoms with van der Waals surface area (Å²) in [5.41, 5.74) is 2.26. The largest absolute Gasteiger partial charge is 0.143 e. The molecule has 0 atom stereocenters. The molecule has 0 spiro atoms. The van der Waals surface area contributed by atoms with Crippen molar-refractivity contribution in [3.05, 3.63) is 30.3 Å². The molecule has 0 unspecified atom stereocenters. The van der Waals surface area contributed by atoms with Crippen molar-refractivity contribution < 1.29 is 0 Å². The summed E-state index contributed by atoms with van der Waals surface area (Å²) < 4.78 is 0. The summed E-state index contributed by atoms with van der Waals surface area (Å²) in [6.07, 6.45) is 0.963. The molecule has 1 aromatic rings. The van der Waals surface area contributed by atoms with Gasteiger partial charge in [-0.3, -0.25) is 0 Å². The summed E-state index contributed by atoms with van der Waals surface area (Å²) in [6, 6.07) is 5.93. The molecule has 0 heterocycles. The first-order valence-electron chi connectivity index (χ1n) is 3.84. The summed E-state index contributed by atoms with van der Waals surface area (Å²) in [5, 5.41) is 0. The minimum atomic E-state index is 0.937. The highest BCUT2D eigenvalue weighted by molar-refractivity contribution is 7.81. The van der Waals surface area contributed by atoms with Gasteiger partial charge in [-0.2, -0.15) is 0 Å². The van der Waals surface area contributed by atoms with Gasteiger partial charge < -0.3 is 0 Å². The number of thiol groups is 2. The fraction of sp³-hybridized carbons (Fsp3) is 0.200. The van der Waals surface area contributed by atoms with Gasteiger partial charge in [0.1, 0.15) is 0 Å². The topological polar surface area (TPSA) is 0 Å². The van der Waals surface area contributed by atoms with E-state index >= 15 is 0 Å². The minimum Gasteiger partial charge on any atom is -0.143 e. The second-order valence-corrected chi connectivity index (χ2v) is 3.73. The van der Waals surface area contributed by atoms with Gasteiger partial charge in [0.15, 0.2) is 0 Å². The first-order valence-corrected chi connectivity index (χ1v) is 4.74. The molecule has 0 aliphatic carbocycles. The lowest BCUT2D eigenvalue weighted by Crippen LogP contribution is -1.81. The van der Waals surface area contributed by atoms with Crippen LogP contribution in [0, 0.1) is 0 Å². The zero-order valence-corrected chi connectivity index (χ0v) is 8.83. The molecular weight excluding hydrogens is 184 g/mol. The van der Waals surface area contributed by atoms with Crippen LogP contribution in [0.25, 0.3) is 5.57 Å². The van der Waals surface area contributed by atoms with E-state index < -0.39 is 0 Å². The normalized spacial score (nSPS) is 9.92. The summed E-state index contributed by atoms with van der Waals surface area (Å²) in [7, 11) is 0. The predicted molar refractivity (Wildman–Crippen MR) is 60.3 cm³/mol. The van der Waals surface area contributed by atoms with Crippen LogP contribution in [0.1, 0.15) is 18.9 Å². The van der Waals surface area contributed by atoms with Crippen LogP contribution in [0.3, 0.4) is 0 Å². The third-order valence-electron chi connectivity index (χ3n) is 1.74. The van der Waals surface area contributed by atoms with E-state index in [0.717, 1.165) is 27.3 Å². The lowest BCUT2D eigenvalue weighted by atomic mass is 10.1. The highest BCUT2D eigenvalue weighted by Gasteiger charge is 1.98. The molecule has 64 valence electrons. The lowest BCUT2D eigenvalue weighted by molar-refractivity contribution is 1.22.